The Labute approximate surface area is 424 Å². The molecule has 27 heteroatoms. The van der Waals surface area contributed by atoms with Gasteiger partial charge in [-0.2, -0.15) is 0 Å². The molecule has 4 atom stereocenters. The molecule has 0 spiro atoms. The van der Waals surface area contributed by atoms with Gasteiger partial charge in [-0.3, -0.25) is 28.8 Å². The van der Waals surface area contributed by atoms with Gasteiger partial charge >= 0.3 is 0 Å². The van der Waals surface area contributed by atoms with Crippen LogP contribution < -0.4 is 31.1 Å². The number of halogens is 6. The lowest BCUT2D eigenvalue weighted by atomic mass is 10.0. The Bertz CT molecular complexity index is 1830. The van der Waals surface area contributed by atoms with Gasteiger partial charge in [0.2, 0.25) is 6.10 Å². The molecule has 0 heterocycles. The maximum Gasteiger partial charge on any atom is 0.265 e. The molecule has 0 aliphatic rings. The van der Waals surface area contributed by atoms with Gasteiger partial charge in [0.05, 0.1) is 112 Å². The van der Waals surface area contributed by atoms with Crippen molar-refractivity contribution in [1.29, 1.82) is 0 Å². The summed E-state index contributed by atoms with van der Waals surface area (Å²) in [5, 5.41) is 101. The summed E-state index contributed by atoms with van der Waals surface area (Å²) in [6, 6.07) is 0. The summed E-state index contributed by atoms with van der Waals surface area (Å²) in [6.07, 6.45) is -8.98. The monoisotopic (exact) mass is 1520 g/mol. The first-order valence-electron chi connectivity index (χ1n) is 17.0. The Morgan fingerprint density at radius 1 is 0.467 bits per heavy atom. The maximum atomic E-state index is 14.6. The van der Waals surface area contributed by atoms with Crippen LogP contribution in [0.25, 0.3) is 0 Å². The standard InChI is InChI=1S/C33H40I6N6O15/c1-40-28(55)15-19(34)17(30(57)42-3-11(50)7-46)23(38)25(21(15)36)44(5-13(52)9-48)32(59)27(54)33(60)45(6-14(53)10-49)26-22(37)16(29(56)41-2)20(35)18(24(26)39)31(58)43-4-12(51)8-47/h11-14,27,46-54H,3-10H2,1-2H3,(H,40,55)(H,41,56)(H,42,57)(H,43,58). The minimum Gasteiger partial charge on any atom is -0.394 e. The number of hydrogen-bond donors (Lipinski definition) is 13. The Morgan fingerprint density at radius 3 is 0.983 bits per heavy atom. The van der Waals surface area contributed by atoms with Crippen LogP contribution in [0.4, 0.5) is 11.4 Å². The number of aliphatic hydroxyl groups is 9. The van der Waals surface area contributed by atoms with Crippen molar-refractivity contribution in [2.45, 2.75) is 30.5 Å². The minimum absolute atomic E-state index is 0.0164. The highest BCUT2D eigenvalue weighted by Crippen LogP contribution is 2.40. The average Bonchev–Trinajstić information content (AvgIpc) is 3.22. The molecule has 2 rings (SSSR count). The van der Waals surface area contributed by atoms with E-state index in [1.165, 1.54) is 14.1 Å². The van der Waals surface area contributed by atoms with E-state index in [2.05, 4.69) is 21.3 Å². The van der Waals surface area contributed by atoms with Crippen molar-refractivity contribution in [3.63, 3.8) is 0 Å². The summed E-state index contributed by atoms with van der Waals surface area (Å²) in [7, 11) is 2.58. The van der Waals surface area contributed by atoms with E-state index >= 15 is 0 Å². The Kier molecular flexibility index (Phi) is 23.7. The van der Waals surface area contributed by atoms with Gasteiger partial charge in [0.1, 0.15) is 0 Å². The van der Waals surface area contributed by atoms with Crippen LogP contribution in [0, 0.1) is 21.4 Å². The van der Waals surface area contributed by atoms with E-state index < -0.39 is 119 Å². The van der Waals surface area contributed by atoms with E-state index in [-0.39, 0.29) is 55.0 Å². The van der Waals surface area contributed by atoms with Crippen molar-refractivity contribution in [2.75, 3.05) is 76.5 Å². The Morgan fingerprint density at radius 2 is 0.733 bits per heavy atom. The van der Waals surface area contributed by atoms with Gasteiger partial charge < -0.3 is 77.0 Å². The molecule has 13 N–H and O–H groups in total. The Balaban J connectivity index is 3.03. The fourth-order valence-corrected chi connectivity index (χ4v) is 14.5. The van der Waals surface area contributed by atoms with Crippen LogP contribution >= 0.6 is 136 Å². The summed E-state index contributed by atoms with van der Waals surface area (Å²) in [6.45, 7) is -5.85. The second-order valence-corrected chi connectivity index (χ2v) is 18.8. The fourth-order valence-electron chi connectivity index (χ4n) is 5.07. The second-order valence-electron chi connectivity index (χ2n) is 12.3. The second kappa shape index (κ2) is 25.7. The summed E-state index contributed by atoms with van der Waals surface area (Å²) in [5.74, 6) is -6.23. The van der Waals surface area contributed by atoms with Crippen LogP contribution in [-0.4, -0.2) is 179 Å². The van der Waals surface area contributed by atoms with Crippen LogP contribution in [0.15, 0.2) is 0 Å². The molecule has 0 radical (unpaired) electrons. The molecule has 0 aromatic heterocycles. The van der Waals surface area contributed by atoms with E-state index in [1.54, 1.807) is 136 Å². The smallest absolute Gasteiger partial charge is 0.265 e. The molecule has 334 valence electrons. The van der Waals surface area contributed by atoms with Crippen LogP contribution in [0.1, 0.15) is 41.4 Å². The first kappa shape index (κ1) is 55.4. The highest BCUT2D eigenvalue weighted by Gasteiger charge is 2.41. The maximum absolute atomic E-state index is 14.6. The minimum atomic E-state index is -2.76. The van der Waals surface area contributed by atoms with Crippen LogP contribution in [0.3, 0.4) is 0 Å². The number of carbonyl (C=O) groups is 6. The van der Waals surface area contributed by atoms with Crippen molar-refractivity contribution in [2.24, 2.45) is 0 Å². The molecule has 2 aromatic rings. The van der Waals surface area contributed by atoms with Gasteiger partial charge in [-0.15, -0.1) is 0 Å². The summed E-state index contributed by atoms with van der Waals surface area (Å²) < 4.78 is -0.0206. The topological polar surface area (TPSA) is 339 Å². The molecule has 21 nitrogen and oxygen atoms in total. The molecular formula is C33H40I6N6O15. The quantitative estimate of drug-likeness (QED) is 0.0487. The first-order chi connectivity index (χ1) is 28.1. The van der Waals surface area contributed by atoms with E-state index in [4.69, 9.17) is 0 Å². The number of benzene rings is 2. The highest BCUT2D eigenvalue weighted by atomic mass is 127. The van der Waals surface area contributed by atoms with Crippen molar-refractivity contribution in [3.05, 3.63) is 43.7 Å². The fraction of sp³-hybridized carbons (Fsp3) is 0.455. The molecular weight excluding hydrogens is 1480 g/mol. The summed E-state index contributed by atoms with van der Waals surface area (Å²) >= 11 is 10.2. The molecule has 0 bridgehead atoms. The molecule has 4 unspecified atom stereocenters. The number of carbonyl (C=O) groups excluding carboxylic acids is 6. The SMILES string of the molecule is CNC(=O)c1c(I)c(C(=O)NCC(O)CO)c(I)c(N(CC(O)CO)C(=O)C(O)C(=O)N(CC(O)CO)c2c(I)c(C(=O)NC)c(I)c(C(=O)NCC(O)CO)c2I)c1I. The van der Waals surface area contributed by atoms with Gasteiger partial charge in [-0.05, 0) is 136 Å². The van der Waals surface area contributed by atoms with Gasteiger partial charge in [0.15, 0.2) is 0 Å². The van der Waals surface area contributed by atoms with E-state index in [9.17, 15) is 74.7 Å². The largest absolute Gasteiger partial charge is 0.394 e. The Hall–Kier alpha value is -0.720. The molecule has 0 aliphatic heterocycles. The number of hydrogen-bond acceptors (Lipinski definition) is 15. The third-order valence-corrected chi connectivity index (χ3v) is 14.5. The number of rotatable bonds is 20. The van der Waals surface area contributed by atoms with Gasteiger partial charge in [0.25, 0.3) is 35.4 Å². The first-order valence-corrected chi connectivity index (χ1v) is 23.5. The van der Waals surface area contributed by atoms with Crippen molar-refractivity contribution >= 4 is 182 Å². The summed E-state index contributed by atoms with van der Waals surface area (Å²) in [5.41, 5.74) is -1.32. The molecule has 2 aromatic carbocycles. The zero-order valence-electron chi connectivity index (χ0n) is 31.2. The zero-order valence-corrected chi connectivity index (χ0v) is 44.1. The van der Waals surface area contributed by atoms with Gasteiger partial charge in [0, 0.05) is 34.3 Å². The summed E-state index contributed by atoms with van der Waals surface area (Å²) in [4.78, 5) is 84.3. The molecule has 0 saturated carbocycles. The number of nitrogens with one attached hydrogen (secondary N) is 4. The molecule has 0 aliphatic carbocycles. The van der Waals surface area contributed by atoms with E-state index in [0.29, 0.717) is 9.80 Å². The molecule has 6 amide bonds. The molecule has 0 fully saturated rings. The normalized spacial score (nSPS) is 13.7. The van der Waals surface area contributed by atoms with Crippen LogP contribution in [0.5, 0.6) is 0 Å². The van der Waals surface area contributed by atoms with E-state index in [0.717, 1.165) is 0 Å². The predicted molar refractivity (Wildman–Crippen MR) is 264 cm³/mol. The third-order valence-electron chi connectivity index (χ3n) is 8.12. The molecule has 0 saturated heterocycles. The molecule has 60 heavy (non-hydrogen) atoms. The number of amides is 6. The van der Waals surface area contributed by atoms with E-state index in [1.807, 2.05) is 0 Å². The highest BCUT2D eigenvalue weighted by molar-refractivity contribution is 14.1. The number of aliphatic hydroxyl groups excluding tert-OH is 9. The van der Waals surface area contributed by atoms with Crippen LogP contribution in [-0.2, 0) is 9.59 Å². The number of anilines is 2. The van der Waals surface area contributed by atoms with Crippen LogP contribution in [0.2, 0.25) is 0 Å². The van der Waals surface area contributed by atoms with Gasteiger partial charge in [-0.1, -0.05) is 0 Å². The third kappa shape index (κ3) is 13.2. The van der Waals surface area contributed by atoms with Crippen molar-refractivity contribution in [3.8, 4) is 0 Å². The van der Waals surface area contributed by atoms with Gasteiger partial charge in [-0.25, -0.2) is 0 Å². The lowest BCUT2D eigenvalue weighted by Crippen LogP contribution is -2.53. The zero-order chi connectivity index (χ0) is 45.9. The average molecular weight is 1520 g/mol. The predicted octanol–water partition coefficient (Wildman–Crippen LogP) is -2.37. The number of nitrogens with zero attached hydrogens (tertiary/aromatic N) is 2. The lowest BCUT2D eigenvalue weighted by Gasteiger charge is -2.33. The lowest BCUT2D eigenvalue weighted by molar-refractivity contribution is -0.138. The van der Waals surface area contributed by atoms with Crippen molar-refractivity contribution in [1.82, 2.24) is 21.3 Å². The van der Waals surface area contributed by atoms with Crippen molar-refractivity contribution < 1.29 is 74.7 Å².